The summed E-state index contributed by atoms with van der Waals surface area (Å²) in [6.07, 6.45) is 0.290. The van der Waals surface area contributed by atoms with Gasteiger partial charge in [0.2, 0.25) is 11.8 Å². The highest BCUT2D eigenvalue weighted by Gasteiger charge is 2.40. The highest BCUT2D eigenvalue weighted by atomic mass is 79.9. The topological polar surface area (TPSA) is 209 Å². The van der Waals surface area contributed by atoms with E-state index < -0.39 is 61.9 Å². The van der Waals surface area contributed by atoms with Crippen LogP contribution in [0.15, 0.2) is 79.4 Å². The minimum absolute atomic E-state index is 0.0161. The smallest absolute Gasteiger partial charge is 0.411 e. The Hall–Kier alpha value is -6.18. The first kappa shape index (κ1) is 58.4. The van der Waals surface area contributed by atoms with E-state index in [9.17, 15) is 28.8 Å². The van der Waals surface area contributed by atoms with Gasteiger partial charge in [-0.15, -0.1) is 0 Å². The predicted molar refractivity (Wildman–Crippen MR) is 283 cm³/mol. The molecule has 4 rings (SSSR count). The highest BCUT2D eigenvalue weighted by Crippen LogP contribution is 2.39. The summed E-state index contributed by atoms with van der Waals surface area (Å²) in [5, 5.41) is 11.1. The van der Waals surface area contributed by atoms with Crippen molar-refractivity contribution in [2.75, 3.05) is 37.5 Å². The molecule has 0 radical (unpaired) electrons. The summed E-state index contributed by atoms with van der Waals surface area (Å²) >= 11 is 3.49. The van der Waals surface area contributed by atoms with E-state index in [1.165, 1.54) is 32.2 Å². The number of nitrogens with zero attached hydrogens (tertiary/aromatic N) is 1. The third-order valence-electron chi connectivity index (χ3n) is 12.0. The lowest BCUT2D eigenvalue weighted by Gasteiger charge is -2.38. The van der Waals surface area contributed by atoms with E-state index in [1.807, 2.05) is 6.07 Å². The Labute approximate surface area is 433 Å². The lowest BCUT2D eigenvalue weighted by atomic mass is 10.0. The van der Waals surface area contributed by atoms with Crippen molar-refractivity contribution in [3.8, 4) is 11.5 Å². The average molecular weight is 1080 g/mol. The van der Waals surface area contributed by atoms with E-state index in [2.05, 4.69) is 84.2 Å². The third kappa shape index (κ3) is 17.0. The molecule has 17 nitrogen and oxygen atoms in total. The molecule has 3 atom stereocenters. The van der Waals surface area contributed by atoms with Crippen LogP contribution in [0.3, 0.4) is 0 Å². The summed E-state index contributed by atoms with van der Waals surface area (Å²) in [7, 11) is -0.737. The van der Waals surface area contributed by atoms with Gasteiger partial charge in [0.25, 0.3) is 5.91 Å². The van der Waals surface area contributed by atoms with E-state index in [-0.39, 0.29) is 66.1 Å². The molecular weight excluding hydrogens is 1010 g/mol. The summed E-state index contributed by atoms with van der Waals surface area (Å²) in [5.41, 5.74) is 3.18. The zero-order valence-electron chi connectivity index (χ0n) is 43.7. The zero-order chi connectivity index (χ0) is 53.7. The van der Waals surface area contributed by atoms with Crippen LogP contribution in [0.2, 0.25) is 18.1 Å². The number of carbonyl (C=O) groups excluding carboxylic acids is 6. The van der Waals surface area contributed by atoms with Gasteiger partial charge in [-0.1, -0.05) is 93.6 Å². The molecular formula is C53H72BrN5O12Si. The lowest BCUT2D eigenvalue weighted by Crippen LogP contribution is -2.53. The molecule has 1 fully saturated rings. The molecule has 72 heavy (non-hydrogen) atoms. The van der Waals surface area contributed by atoms with E-state index >= 15 is 0 Å². The summed E-state index contributed by atoms with van der Waals surface area (Å²) in [6.45, 7) is 29.2. The number of benzene rings is 3. The number of anilines is 2. The lowest BCUT2D eigenvalue weighted by molar-refractivity contribution is -0.128. The Bertz CT molecular complexity index is 2470. The van der Waals surface area contributed by atoms with Crippen LogP contribution in [0.25, 0.3) is 0 Å². The van der Waals surface area contributed by atoms with E-state index in [1.54, 1.807) is 75.9 Å². The molecule has 1 saturated heterocycles. The van der Waals surface area contributed by atoms with Gasteiger partial charge in [-0.2, -0.15) is 0 Å². The predicted octanol–water partition coefficient (Wildman–Crippen LogP) is 10.0. The van der Waals surface area contributed by atoms with Gasteiger partial charge in [0.1, 0.15) is 37.5 Å². The number of alkyl carbamates (subject to hydrolysis) is 1. The van der Waals surface area contributed by atoms with Crippen molar-refractivity contribution in [1.29, 1.82) is 0 Å². The molecule has 5 amide bonds. The van der Waals surface area contributed by atoms with Crippen LogP contribution in [-0.2, 0) is 46.8 Å². The fraction of sp³-hybridized carbons (Fsp3) is 0.472. The molecule has 1 aliphatic rings. The van der Waals surface area contributed by atoms with Gasteiger partial charge < -0.3 is 49.0 Å². The van der Waals surface area contributed by atoms with Gasteiger partial charge in [0, 0.05) is 23.6 Å². The van der Waals surface area contributed by atoms with Gasteiger partial charge in [0.15, 0.2) is 19.8 Å². The third-order valence-corrected chi connectivity index (χ3v) is 17.1. The Morgan fingerprint density at radius 1 is 0.833 bits per heavy atom. The maximum absolute atomic E-state index is 14.7. The molecule has 0 bridgehead atoms. The maximum Gasteiger partial charge on any atom is 0.411 e. The van der Waals surface area contributed by atoms with Crippen molar-refractivity contribution in [1.82, 2.24) is 15.5 Å². The maximum atomic E-state index is 14.7. The SMILES string of the molecule is C=CCOC(=O)NC(C(=O)NC(C)C(=O)Nc1ccc(COC(=O)Nc2cc(OCc3cc(CBr)cc(C(=O)OC(C)(C)C)c3)c(OC)cc2C(=O)N2CC(=C)C[C@H]2CO[Si](C)(C)C(C)(C)C)cc1)C(C)C. The van der Waals surface area contributed by atoms with Crippen LogP contribution in [0.1, 0.15) is 106 Å². The molecule has 1 aliphatic heterocycles. The molecule has 3 aromatic rings. The first-order valence-electron chi connectivity index (χ1n) is 23.7. The minimum Gasteiger partial charge on any atom is -0.493 e. The molecule has 0 aliphatic carbocycles. The van der Waals surface area contributed by atoms with Crippen LogP contribution in [-0.4, -0.2) is 99.7 Å². The molecule has 4 N–H and O–H groups in total. The molecule has 19 heteroatoms. The standard InChI is InChI=1S/C53H72BrN5O12Si/c1-15-20-67-51(65)58-45(32(2)3)47(61)55-34(5)46(60)56-39-18-16-35(17-19-39)29-69-50(64)57-42-26-44(68-30-37-22-36(27-54)23-38(24-37)49(63)71-52(6,7)8)43(66-12)25-41(42)48(62)59-28-33(4)21-40(59)31-70-72(13,14)53(9,10)11/h15-19,22-26,32,34,40,45H,1,4,20-21,27-31H2,2-3,5-14H3,(H,55,61)(H,56,60)(H,57,64)(H,58,65)/t34?,40-,45?/m0/s1. The normalized spacial score (nSPS) is 14.7. The number of ether oxygens (including phenoxy) is 5. The highest BCUT2D eigenvalue weighted by molar-refractivity contribution is 9.08. The minimum atomic E-state index is -2.18. The van der Waals surface area contributed by atoms with Gasteiger partial charge in [-0.25, -0.2) is 14.4 Å². The average Bonchev–Trinajstić information content (AvgIpc) is 3.69. The van der Waals surface area contributed by atoms with Crippen molar-refractivity contribution in [2.24, 2.45) is 5.92 Å². The fourth-order valence-electron chi connectivity index (χ4n) is 7.03. The van der Waals surface area contributed by atoms with Crippen LogP contribution < -0.4 is 30.7 Å². The first-order valence-corrected chi connectivity index (χ1v) is 27.7. The number of hydrogen-bond acceptors (Lipinski definition) is 12. The van der Waals surface area contributed by atoms with E-state index in [4.69, 9.17) is 28.1 Å². The largest absolute Gasteiger partial charge is 0.493 e. The summed E-state index contributed by atoms with van der Waals surface area (Å²) in [6, 6.07) is 12.6. The molecule has 392 valence electrons. The second kappa shape index (κ2) is 25.5. The van der Waals surface area contributed by atoms with Gasteiger partial charge in [-0.3, -0.25) is 19.7 Å². The molecule has 2 unspecified atom stereocenters. The second-order valence-electron chi connectivity index (χ2n) is 20.5. The van der Waals surface area contributed by atoms with E-state index in [0.29, 0.717) is 40.7 Å². The zero-order valence-corrected chi connectivity index (χ0v) is 46.3. The Kier molecular flexibility index (Phi) is 20.6. The Balaban J connectivity index is 1.55. The number of hydrogen-bond donors (Lipinski definition) is 4. The molecule has 0 spiro atoms. The van der Waals surface area contributed by atoms with Gasteiger partial charge in [-0.05, 0) is 105 Å². The van der Waals surface area contributed by atoms with E-state index in [0.717, 1.165) is 11.1 Å². The molecule has 0 aromatic heterocycles. The van der Waals surface area contributed by atoms with Crippen molar-refractivity contribution >= 4 is 71.5 Å². The van der Waals surface area contributed by atoms with Crippen LogP contribution in [0, 0.1) is 5.92 Å². The quantitative estimate of drug-likeness (QED) is 0.0258. The van der Waals surface area contributed by atoms with Crippen molar-refractivity contribution < 1.29 is 56.9 Å². The fourth-order valence-corrected chi connectivity index (χ4v) is 8.39. The first-order chi connectivity index (χ1) is 33.6. The van der Waals surface area contributed by atoms with Crippen LogP contribution in [0.4, 0.5) is 21.0 Å². The summed E-state index contributed by atoms with van der Waals surface area (Å²) in [4.78, 5) is 81.3. The van der Waals surface area contributed by atoms with Gasteiger partial charge in [0.05, 0.1) is 36.6 Å². The number of methoxy groups -OCH3 is 1. The number of amides is 5. The van der Waals surface area contributed by atoms with Crippen molar-refractivity contribution in [3.05, 3.63) is 107 Å². The molecule has 0 saturated carbocycles. The second-order valence-corrected chi connectivity index (χ2v) is 25.9. The number of halogens is 1. The molecule has 1 heterocycles. The Morgan fingerprint density at radius 3 is 2.10 bits per heavy atom. The number of rotatable bonds is 21. The summed E-state index contributed by atoms with van der Waals surface area (Å²) < 4.78 is 34.9. The van der Waals surface area contributed by atoms with Crippen LogP contribution in [0.5, 0.6) is 11.5 Å². The number of esters is 1. The van der Waals surface area contributed by atoms with Crippen LogP contribution >= 0.6 is 15.9 Å². The number of nitrogens with one attached hydrogen (secondary N) is 4. The Morgan fingerprint density at radius 2 is 1.50 bits per heavy atom. The monoisotopic (exact) mass is 1080 g/mol. The number of carbonyl (C=O) groups is 6. The summed E-state index contributed by atoms with van der Waals surface area (Å²) in [5.74, 6) is -1.84. The van der Waals surface area contributed by atoms with Gasteiger partial charge >= 0.3 is 18.2 Å². The number of likely N-dealkylation sites (tertiary alicyclic amines) is 1. The molecule has 3 aromatic carbocycles. The van der Waals surface area contributed by atoms with Crippen molar-refractivity contribution in [2.45, 2.75) is 129 Å². The van der Waals surface area contributed by atoms with Crippen molar-refractivity contribution in [3.63, 3.8) is 0 Å². The number of alkyl halides is 1.